The maximum Gasteiger partial charge on any atom is 0.0852 e. The van der Waals surface area contributed by atoms with Crippen molar-refractivity contribution in [3.63, 3.8) is 0 Å². The second-order valence-corrected chi connectivity index (χ2v) is 3.87. The Morgan fingerprint density at radius 3 is 3.00 bits per heavy atom. The Kier molecular flexibility index (Phi) is 1.99. The molecule has 1 saturated heterocycles. The third-order valence-electron chi connectivity index (χ3n) is 2.20. The van der Waals surface area contributed by atoms with Gasteiger partial charge in [0.05, 0.1) is 4.11 Å². The van der Waals surface area contributed by atoms with Crippen LogP contribution < -0.4 is 0 Å². The summed E-state index contributed by atoms with van der Waals surface area (Å²) >= 11 is 3.18. The summed E-state index contributed by atoms with van der Waals surface area (Å²) in [5.41, 5.74) is 0.645. The molecular formula is C10H12BrNO. The van der Waals surface area contributed by atoms with Gasteiger partial charge in [-0.3, -0.25) is 4.98 Å². The van der Waals surface area contributed by atoms with Crippen molar-refractivity contribution in [1.82, 2.24) is 4.98 Å². The van der Waals surface area contributed by atoms with Gasteiger partial charge in [-0.05, 0) is 46.3 Å². The van der Waals surface area contributed by atoms with Crippen LogP contribution in [-0.2, 0) is 4.74 Å². The monoisotopic (exact) mass is 244 g/mol. The first-order valence-electron chi connectivity index (χ1n) is 5.82. The van der Waals surface area contributed by atoms with Gasteiger partial charge in [0.25, 0.3) is 0 Å². The van der Waals surface area contributed by atoms with Crippen LogP contribution in [0.25, 0.3) is 0 Å². The van der Waals surface area contributed by atoms with E-state index in [1.54, 1.807) is 0 Å². The lowest BCUT2D eigenvalue weighted by Crippen LogP contribution is -2.14. The van der Waals surface area contributed by atoms with Crippen LogP contribution in [0.2, 0.25) is 0 Å². The SMILES string of the molecule is [2H]c1nc([2H])c(C2CCOCC2)c([2H])c1Br. The first-order chi connectivity index (χ1) is 7.61. The molecule has 2 rings (SSSR count). The Labute approximate surface area is 90.7 Å². The summed E-state index contributed by atoms with van der Waals surface area (Å²) < 4.78 is 28.9. The van der Waals surface area contributed by atoms with Crippen LogP contribution >= 0.6 is 15.9 Å². The first-order valence-corrected chi connectivity index (χ1v) is 5.11. The average molecular weight is 245 g/mol. The molecule has 0 unspecified atom stereocenters. The zero-order valence-electron chi connectivity index (χ0n) is 10.1. The molecule has 0 atom stereocenters. The second kappa shape index (κ2) is 4.20. The van der Waals surface area contributed by atoms with Gasteiger partial charge in [0.1, 0.15) is 0 Å². The molecule has 0 amide bonds. The quantitative estimate of drug-likeness (QED) is 0.758. The molecule has 3 heteroatoms. The maximum atomic E-state index is 7.95. The van der Waals surface area contributed by atoms with E-state index in [2.05, 4.69) is 20.9 Å². The highest BCUT2D eigenvalue weighted by atomic mass is 79.9. The van der Waals surface area contributed by atoms with Crippen molar-refractivity contribution >= 4 is 15.9 Å². The molecule has 0 bridgehead atoms. The van der Waals surface area contributed by atoms with Gasteiger partial charge in [0.2, 0.25) is 0 Å². The van der Waals surface area contributed by atoms with Crippen molar-refractivity contribution in [2.75, 3.05) is 13.2 Å². The molecule has 0 N–H and O–H groups in total. The summed E-state index contributed by atoms with van der Waals surface area (Å²) in [5.74, 6) is 0.165. The van der Waals surface area contributed by atoms with Crippen molar-refractivity contribution < 1.29 is 8.85 Å². The standard InChI is InChI=1S/C10H12BrNO/c11-10-5-9(6-12-7-10)8-1-3-13-4-2-8/h5-8H,1-4H2/i5D,6D,7D. The lowest BCUT2D eigenvalue weighted by Gasteiger charge is -2.21. The molecule has 0 radical (unpaired) electrons. The number of hydrogen-bond acceptors (Lipinski definition) is 2. The number of halogens is 1. The Bertz CT molecular complexity index is 408. The molecule has 13 heavy (non-hydrogen) atoms. The summed E-state index contributed by atoms with van der Waals surface area (Å²) in [5, 5.41) is 0. The second-order valence-electron chi connectivity index (χ2n) is 3.07. The third kappa shape index (κ3) is 2.29. The van der Waals surface area contributed by atoms with Crippen molar-refractivity contribution in [2.24, 2.45) is 0 Å². The lowest BCUT2D eigenvalue weighted by atomic mass is 9.93. The van der Waals surface area contributed by atoms with Crippen LogP contribution in [0.15, 0.2) is 22.9 Å². The molecule has 0 saturated carbocycles. The van der Waals surface area contributed by atoms with E-state index >= 15 is 0 Å². The third-order valence-corrected chi connectivity index (χ3v) is 2.58. The Morgan fingerprint density at radius 2 is 2.23 bits per heavy atom. The molecule has 1 aliphatic heterocycles. The Morgan fingerprint density at radius 1 is 1.46 bits per heavy atom. The molecule has 70 valence electrons. The number of aromatic nitrogens is 1. The van der Waals surface area contributed by atoms with E-state index in [9.17, 15) is 0 Å². The first kappa shape index (κ1) is 6.14. The van der Waals surface area contributed by atoms with Crippen molar-refractivity contribution in [3.8, 4) is 0 Å². The highest BCUT2D eigenvalue weighted by Crippen LogP contribution is 2.27. The summed E-state index contributed by atoms with van der Waals surface area (Å²) in [6.45, 7) is 1.34. The van der Waals surface area contributed by atoms with Gasteiger partial charge >= 0.3 is 0 Å². The molecule has 2 nitrogen and oxygen atoms in total. The summed E-state index contributed by atoms with van der Waals surface area (Å²) in [4.78, 5) is 3.83. The van der Waals surface area contributed by atoms with E-state index in [1.807, 2.05) is 0 Å². The van der Waals surface area contributed by atoms with Gasteiger partial charge in [0, 0.05) is 30.0 Å². The molecule has 0 aromatic carbocycles. The fraction of sp³-hybridized carbons (Fsp3) is 0.500. The normalized spacial score (nSPS) is 22.1. The number of nitrogens with zero attached hydrogens (tertiary/aromatic N) is 1. The van der Waals surface area contributed by atoms with E-state index < -0.39 is 0 Å². The smallest absolute Gasteiger partial charge is 0.0852 e. The van der Waals surface area contributed by atoms with Gasteiger partial charge in [-0.1, -0.05) is 0 Å². The Balaban J connectivity index is 2.42. The predicted molar refractivity (Wildman–Crippen MR) is 54.7 cm³/mol. The number of pyridine rings is 1. The summed E-state index contributed by atoms with van der Waals surface area (Å²) in [6.07, 6.45) is 1.67. The molecule has 0 spiro atoms. The highest BCUT2D eigenvalue weighted by Gasteiger charge is 2.15. The maximum absolute atomic E-state index is 7.95. The average Bonchev–Trinajstić information content (AvgIpc) is 2.28. The van der Waals surface area contributed by atoms with Gasteiger partial charge in [-0.25, -0.2) is 0 Å². The van der Waals surface area contributed by atoms with E-state index in [0.29, 0.717) is 23.2 Å². The number of ether oxygens (including phenoxy) is 1. The molecule has 1 fully saturated rings. The molecule has 1 aromatic heterocycles. The van der Waals surface area contributed by atoms with Gasteiger partial charge in [-0.2, -0.15) is 0 Å². The van der Waals surface area contributed by atoms with Gasteiger partial charge in [0.15, 0.2) is 0 Å². The summed E-state index contributed by atoms with van der Waals surface area (Å²) in [7, 11) is 0. The van der Waals surface area contributed by atoms with Crippen molar-refractivity contribution in [1.29, 1.82) is 0 Å². The minimum Gasteiger partial charge on any atom is -0.381 e. The van der Waals surface area contributed by atoms with E-state index in [-0.39, 0.29) is 24.3 Å². The molecule has 1 aliphatic rings. The van der Waals surface area contributed by atoms with Gasteiger partial charge < -0.3 is 4.74 Å². The molecule has 1 aromatic rings. The minimum absolute atomic E-state index is 0.0363. The number of rotatable bonds is 1. The van der Waals surface area contributed by atoms with Crippen molar-refractivity contribution in [3.05, 3.63) is 28.4 Å². The fourth-order valence-electron chi connectivity index (χ4n) is 1.49. The number of hydrogen-bond donors (Lipinski definition) is 0. The van der Waals surface area contributed by atoms with E-state index in [4.69, 9.17) is 8.85 Å². The van der Waals surface area contributed by atoms with Crippen LogP contribution in [0.5, 0.6) is 0 Å². The van der Waals surface area contributed by atoms with Crippen LogP contribution in [0.4, 0.5) is 0 Å². The van der Waals surface area contributed by atoms with Crippen LogP contribution in [-0.4, -0.2) is 18.2 Å². The lowest BCUT2D eigenvalue weighted by molar-refractivity contribution is 0.0852. The van der Waals surface area contributed by atoms with Crippen LogP contribution in [0.3, 0.4) is 0 Å². The Hall–Kier alpha value is -0.410. The molecule has 0 aliphatic carbocycles. The highest BCUT2D eigenvalue weighted by molar-refractivity contribution is 9.10. The van der Waals surface area contributed by atoms with Crippen molar-refractivity contribution in [2.45, 2.75) is 18.8 Å². The fourth-order valence-corrected chi connectivity index (χ4v) is 1.79. The predicted octanol–water partition coefficient (Wildman–Crippen LogP) is 2.74. The largest absolute Gasteiger partial charge is 0.381 e. The topological polar surface area (TPSA) is 22.1 Å². The molecular weight excluding hydrogens is 230 g/mol. The summed E-state index contributed by atoms with van der Waals surface area (Å²) in [6, 6.07) is 0.233. The van der Waals surface area contributed by atoms with Crippen LogP contribution in [0.1, 0.15) is 28.4 Å². The van der Waals surface area contributed by atoms with E-state index in [0.717, 1.165) is 12.8 Å². The molecule has 2 heterocycles. The minimum atomic E-state index is -0.0363. The van der Waals surface area contributed by atoms with Gasteiger partial charge in [-0.15, -0.1) is 0 Å². The zero-order valence-corrected chi connectivity index (χ0v) is 8.73. The van der Waals surface area contributed by atoms with E-state index in [1.165, 1.54) is 0 Å². The zero-order chi connectivity index (χ0) is 11.7. The van der Waals surface area contributed by atoms with Crippen LogP contribution in [0, 0.1) is 0 Å².